The molecule has 0 aromatic carbocycles. The zero-order chi connectivity index (χ0) is 8.39. The van der Waals surface area contributed by atoms with E-state index in [2.05, 4.69) is 15.0 Å². The first-order chi connectivity index (χ1) is 5.92. The standard InChI is InChI=1S/C8H8N4/c1-2-9-7-8-11-4-6-12(8)5-3-10-7/h2-6H,1H3. The van der Waals surface area contributed by atoms with E-state index in [-0.39, 0.29) is 0 Å². The van der Waals surface area contributed by atoms with Gasteiger partial charge in [-0.2, -0.15) is 0 Å². The predicted octanol–water partition coefficient (Wildman–Crippen LogP) is 1.45. The predicted molar refractivity (Wildman–Crippen MR) is 46.8 cm³/mol. The Morgan fingerprint density at radius 1 is 1.33 bits per heavy atom. The molecule has 4 heteroatoms. The molecule has 0 N–H and O–H groups in total. The second-order valence-electron chi connectivity index (χ2n) is 2.30. The Balaban J connectivity index is 2.73. The highest BCUT2D eigenvalue weighted by atomic mass is 15.1. The SMILES string of the molecule is CC=Nc1nccn2ccnc12. The largest absolute Gasteiger partial charge is 0.302 e. The van der Waals surface area contributed by atoms with Gasteiger partial charge in [-0.05, 0) is 6.92 Å². The molecular formula is C8H8N4. The van der Waals surface area contributed by atoms with E-state index in [1.54, 1.807) is 18.6 Å². The van der Waals surface area contributed by atoms with Crippen molar-refractivity contribution in [3.63, 3.8) is 0 Å². The first kappa shape index (κ1) is 6.97. The van der Waals surface area contributed by atoms with Crippen molar-refractivity contribution in [2.24, 2.45) is 4.99 Å². The first-order valence-corrected chi connectivity index (χ1v) is 3.68. The quantitative estimate of drug-likeness (QED) is 0.592. The highest BCUT2D eigenvalue weighted by molar-refractivity contribution is 5.67. The van der Waals surface area contributed by atoms with Crippen molar-refractivity contribution in [1.82, 2.24) is 14.4 Å². The minimum Gasteiger partial charge on any atom is -0.302 e. The lowest BCUT2D eigenvalue weighted by atomic mass is 10.6. The number of rotatable bonds is 1. The highest BCUT2D eigenvalue weighted by Gasteiger charge is 1.99. The van der Waals surface area contributed by atoms with E-state index in [4.69, 9.17) is 0 Å². The maximum atomic E-state index is 4.12. The monoisotopic (exact) mass is 160 g/mol. The van der Waals surface area contributed by atoms with Gasteiger partial charge in [-0.3, -0.25) is 0 Å². The first-order valence-electron chi connectivity index (χ1n) is 3.68. The zero-order valence-electron chi connectivity index (χ0n) is 6.68. The number of hydrogen-bond acceptors (Lipinski definition) is 3. The van der Waals surface area contributed by atoms with Crippen LogP contribution in [0.3, 0.4) is 0 Å². The van der Waals surface area contributed by atoms with E-state index < -0.39 is 0 Å². The molecule has 2 rings (SSSR count). The van der Waals surface area contributed by atoms with Gasteiger partial charge in [-0.25, -0.2) is 15.0 Å². The second kappa shape index (κ2) is 2.73. The lowest BCUT2D eigenvalue weighted by Gasteiger charge is -1.94. The molecule has 0 fully saturated rings. The van der Waals surface area contributed by atoms with Crippen molar-refractivity contribution in [2.75, 3.05) is 0 Å². The van der Waals surface area contributed by atoms with Gasteiger partial charge in [0.15, 0.2) is 11.5 Å². The molecular weight excluding hydrogens is 152 g/mol. The Bertz CT molecular complexity index is 416. The fourth-order valence-corrected chi connectivity index (χ4v) is 1.05. The van der Waals surface area contributed by atoms with Crippen LogP contribution in [0.4, 0.5) is 5.82 Å². The third-order valence-corrected chi connectivity index (χ3v) is 1.54. The summed E-state index contributed by atoms with van der Waals surface area (Å²) in [7, 11) is 0. The number of aromatic nitrogens is 3. The van der Waals surface area contributed by atoms with Gasteiger partial charge in [-0.1, -0.05) is 0 Å². The molecule has 12 heavy (non-hydrogen) atoms. The van der Waals surface area contributed by atoms with Gasteiger partial charge in [0.05, 0.1) is 0 Å². The molecule has 0 aliphatic heterocycles. The number of hydrogen-bond donors (Lipinski definition) is 0. The number of imidazole rings is 1. The van der Waals surface area contributed by atoms with Crippen LogP contribution in [0.2, 0.25) is 0 Å². The third-order valence-electron chi connectivity index (χ3n) is 1.54. The molecule has 0 saturated carbocycles. The van der Waals surface area contributed by atoms with Crippen LogP contribution in [0.25, 0.3) is 5.65 Å². The summed E-state index contributed by atoms with van der Waals surface area (Å²) in [4.78, 5) is 12.3. The summed E-state index contributed by atoms with van der Waals surface area (Å²) in [6.07, 6.45) is 8.85. The van der Waals surface area contributed by atoms with Crippen molar-refractivity contribution in [2.45, 2.75) is 6.92 Å². The number of aliphatic imine (C=N–C) groups is 1. The Morgan fingerprint density at radius 2 is 2.08 bits per heavy atom. The summed E-state index contributed by atoms with van der Waals surface area (Å²) in [5.74, 6) is 0.657. The Kier molecular flexibility index (Phi) is 1.59. The van der Waals surface area contributed by atoms with Gasteiger partial charge in [0.1, 0.15) is 0 Å². The fourth-order valence-electron chi connectivity index (χ4n) is 1.05. The second-order valence-corrected chi connectivity index (χ2v) is 2.30. The van der Waals surface area contributed by atoms with Crippen LogP contribution in [0.1, 0.15) is 6.92 Å². The van der Waals surface area contributed by atoms with Crippen LogP contribution in [-0.4, -0.2) is 20.6 Å². The van der Waals surface area contributed by atoms with Gasteiger partial charge in [-0.15, -0.1) is 0 Å². The van der Waals surface area contributed by atoms with Crippen LogP contribution in [0, 0.1) is 0 Å². The van der Waals surface area contributed by atoms with E-state index in [1.165, 1.54) is 0 Å². The van der Waals surface area contributed by atoms with Crippen molar-refractivity contribution in [3.05, 3.63) is 24.8 Å². The molecule has 0 spiro atoms. The normalized spacial score (nSPS) is 11.4. The fraction of sp³-hybridized carbons (Fsp3) is 0.125. The van der Waals surface area contributed by atoms with Gasteiger partial charge in [0.25, 0.3) is 0 Å². The molecule has 60 valence electrons. The molecule has 0 radical (unpaired) electrons. The zero-order valence-corrected chi connectivity index (χ0v) is 6.68. The average molecular weight is 160 g/mol. The molecule has 2 aromatic heterocycles. The summed E-state index contributed by atoms with van der Waals surface area (Å²) in [5.41, 5.74) is 0.788. The van der Waals surface area contributed by atoms with Crippen molar-refractivity contribution in [3.8, 4) is 0 Å². The summed E-state index contributed by atoms with van der Waals surface area (Å²) in [5, 5.41) is 0. The van der Waals surface area contributed by atoms with Gasteiger partial charge in [0.2, 0.25) is 0 Å². The number of fused-ring (bicyclic) bond motifs is 1. The Labute approximate surface area is 69.6 Å². The van der Waals surface area contributed by atoms with Crippen LogP contribution in [0.15, 0.2) is 29.8 Å². The molecule has 0 bridgehead atoms. The molecule has 0 atom stereocenters. The topological polar surface area (TPSA) is 42.5 Å². The highest BCUT2D eigenvalue weighted by Crippen LogP contribution is 2.13. The van der Waals surface area contributed by atoms with E-state index in [0.717, 1.165) is 5.65 Å². The summed E-state index contributed by atoms with van der Waals surface area (Å²) in [6, 6.07) is 0. The molecule has 2 heterocycles. The van der Waals surface area contributed by atoms with Crippen LogP contribution in [-0.2, 0) is 0 Å². The van der Waals surface area contributed by atoms with Gasteiger partial charge < -0.3 is 4.40 Å². The van der Waals surface area contributed by atoms with E-state index in [0.29, 0.717) is 5.82 Å². The van der Waals surface area contributed by atoms with E-state index in [9.17, 15) is 0 Å². The summed E-state index contributed by atoms with van der Waals surface area (Å²) >= 11 is 0. The van der Waals surface area contributed by atoms with Gasteiger partial charge in [0, 0.05) is 31.0 Å². The third kappa shape index (κ3) is 0.972. The maximum absolute atomic E-state index is 4.12. The molecule has 0 aliphatic carbocycles. The molecule has 2 aromatic rings. The van der Waals surface area contributed by atoms with Crippen molar-refractivity contribution < 1.29 is 0 Å². The number of nitrogens with zero attached hydrogens (tertiary/aromatic N) is 4. The van der Waals surface area contributed by atoms with Crippen LogP contribution >= 0.6 is 0 Å². The Morgan fingerprint density at radius 3 is 2.83 bits per heavy atom. The smallest absolute Gasteiger partial charge is 0.195 e. The lowest BCUT2D eigenvalue weighted by molar-refractivity contribution is 1.12. The molecule has 0 amide bonds. The minimum absolute atomic E-state index is 0.657. The minimum atomic E-state index is 0.657. The maximum Gasteiger partial charge on any atom is 0.195 e. The summed E-state index contributed by atoms with van der Waals surface area (Å²) in [6.45, 7) is 1.86. The van der Waals surface area contributed by atoms with Crippen molar-refractivity contribution in [1.29, 1.82) is 0 Å². The molecule has 0 aliphatic rings. The molecule has 0 unspecified atom stereocenters. The van der Waals surface area contributed by atoms with E-state index in [1.807, 2.05) is 23.7 Å². The van der Waals surface area contributed by atoms with E-state index >= 15 is 0 Å². The Hall–Kier alpha value is -1.71. The van der Waals surface area contributed by atoms with Crippen LogP contribution in [0.5, 0.6) is 0 Å². The van der Waals surface area contributed by atoms with Crippen molar-refractivity contribution >= 4 is 17.7 Å². The lowest BCUT2D eigenvalue weighted by Crippen LogP contribution is -1.85. The molecule has 4 nitrogen and oxygen atoms in total. The summed E-state index contributed by atoms with van der Waals surface area (Å²) < 4.78 is 1.88. The molecule has 0 saturated heterocycles. The average Bonchev–Trinajstić information content (AvgIpc) is 2.53. The van der Waals surface area contributed by atoms with Gasteiger partial charge >= 0.3 is 0 Å². The van der Waals surface area contributed by atoms with Crippen LogP contribution < -0.4 is 0 Å².